The van der Waals surface area contributed by atoms with Crippen molar-refractivity contribution in [3.63, 3.8) is 0 Å². The summed E-state index contributed by atoms with van der Waals surface area (Å²) < 4.78 is 0. The van der Waals surface area contributed by atoms with E-state index in [1.54, 1.807) is 5.31 Å². The van der Waals surface area contributed by atoms with Crippen LogP contribution in [-0.4, -0.2) is 13.3 Å². The Labute approximate surface area is 71.8 Å². The van der Waals surface area contributed by atoms with E-state index in [-0.39, 0.29) is 7.92 Å². The minimum atomic E-state index is 0.121. The Balaban J connectivity index is 2.39. The highest BCUT2D eigenvalue weighted by Crippen LogP contribution is 2.44. The highest BCUT2D eigenvalue weighted by molar-refractivity contribution is 7.60. The summed E-state index contributed by atoms with van der Waals surface area (Å²) in [5.74, 6) is 0.880. The van der Waals surface area contributed by atoms with Crippen molar-refractivity contribution in [2.75, 3.05) is 13.3 Å². The fourth-order valence-electron chi connectivity index (χ4n) is 1.80. The third kappa shape index (κ3) is 2.60. The lowest BCUT2D eigenvalue weighted by molar-refractivity contribution is 0.414. The molecule has 1 rings (SSSR count). The van der Waals surface area contributed by atoms with Gasteiger partial charge in [-0.2, -0.15) is 0 Å². The first-order valence-electron chi connectivity index (χ1n) is 4.58. The largest absolute Gasteiger partial charge is 0.0951 e. The SMILES string of the molecule is C=C(C1CCCCC1)P(C)C. The molecule has 0 aromatic carbocycles. The van der Waals surface area contributed by atoms with E-state index < -0.39 is 0 Å². The monoisotopic (exact) mass is 170 g/mol. The lowest BCUT2D eigenvalue weighted by atomic mass is 9.89. The zero-order valence-electron chi connectivity index (χ0n) is 7.77. The summed E-state index contributed by atoms with van der Waals surface area (Å²) in [5, 5.41) is 1.56. The summed E-state index contributed by atoms with van der Waals surface area (Å²) in [7, 11) is 0.121. The maximum atomic E-state index is 4.21. The quantitative estimate of drug-likeness (QED) is 0.552. The topological polar surface area (TPSA) is 0 Å². The molecule has 1 heteroatoms. The molecule has 1 fully saturated rings. The third-order valence-electron chi connectivity index (χ3n) is 2.65. The van der Waals surface area contributed by atoms with Crippen LogP contribution >= 0.6 is 7.92 Å². The van der Waals surface area contributed by atoms with Gasteiger partial charge in [-0.1, -0.05) is 39.1 Å². The number of rotatable bonds is 2. The number of allylic oxidation sites excluding steroid dienone is 1. The van der Waals surface area contributed by atoms with E-state index in [0.29, 0.717) is 0 Å². The van der Waals surface area contributed by atoms with Gasteiger partial charge in [0.25, 0.3) is 0 Å². The van der Waals surface area contributed by atoms with Crippen molar-refractivity contribution >= 4 is 7.92 Å². The molecule has 0 saturated heterocycles. The average Bonchev–Trinajstić information content (AvgIpc) is 2.05. The van der Waals surface area contributed by atoms with Gasteiger partial charge < -0.3 is 0 Å². The van der Waals surface area contributed by atoms with Crippen molar-refractivity contribution in [3.8, 4) is 0 Å². The van der Waals surface area contributed by atoms with Gasteiger partial charge in [0.05, 0.1) is 0 Å². The van der Waals surface area contributed by atoms with Crippen molar-refractivity contribution in [2.45, 2.75) is 32.1 Å². The van der Waals surface area contributed by atoms with Gasteiger partial charge in [-0.05, 0) is 32.1 Å². The summed E-state index contributed by atoms with van der Waals surface area (Å²) in [5.41, 5.74) is 0. The van der Waals surface area contributed by atoms with Crippen LogP contribution in [0.1, 0.15) is 32.1 Å². The molecule has 64 valence electrons. The van der Waals surface area contributed by atoms with Crippen molar-refractivity contribution in [1.29, 1.82) is 0 Å². The average molecular weight is 170 g/mol. The van der Waals surface area contributed by atoms with Gasteiger partial charge in [-0.15, -0.1) is 0 Å². The Morgan fingerprint density at radius 1 is 1.18 bits per heavy atom. The highest BCUT2D eigenvalue weighted by Gasteiger charge is 2.17. The zero-order valence-corrected chi connectivity index (χ0v) is 8.66. The van der Waals surface area contributed by atoms with E-state index in [0.717, 1.165) is 5.92 Å². The molecule has 1 saturated carbocycles. The summed E-state index contributed by atoms with van der Waals surface area (Å²) in [4.78, 5) is 0. The van der Waals surface area contributed by atoms with E-state index >= 15 is 0 Å². The molecule has 0 radical (unpaired) electrons. The Morgan fingerprint density at radius 3 is 2.18 bits per heavy atom. The second kappa shape index (κ2) is 4.26. The van der Waals surface area contributed by atoms with E-state index in [1.807, 2.05) is 0 Å². The molecule has 0 atom stereocenters. The molecule has 0 unspecified atom stereocenters. The maximum absolute atomic E-state index is 4.21. The molecular weight excluding hydrogens is 151 g/mol. The molecule has 0 heterocycles. The minimum absolute atomic E-state index is 0.121. The van der Waals surface area contributed by atoms with Gasteiger partial charge in [0.15, 0.2) is 0 Å². The summed E-state index contributed by atoms with van der Waals surface area (Å²) in [6.45, 7) is 8.86. The van der Waals surface area contributed by atoms with E-state index in [9.17, 15) is 0 Å². The first kappa shape index (κ1) is 9.26. The predicted octanol–water partition coefficient (Wildman–Crippen LogP) is 3.82. The van der Waals surface area contributed by atoms with Crippen LogP contribution in [0.15, 0.2) is 11.9 Å². The Bertz CT molecular complexity index is 132. The molecule has 0 nitrogen and oxygen atoms in total. The van der Waals surface area contributed by atoms with Gasteiger partial charge in [-0.25, -0.2) is 0 Å². The molecule has 11 heavy (non-hydrogen) atoms. The van der Waals surface area contributed by atoms with Gasteiger partial charge in [0.2, 0.25) is 0 Å². The van der Waals surface area contributed by atoms with Crippen LogP contribution in [0.25, 0.3) is 0 Å². The maximum Gasteiger partial charge on any atom is -0.0164 e. The normalized spacial score (nSPS) is 20.6. The molecule has 1 aliphatic carbocycles. The number of hydrogen-bond donors (Lipinski definition) is 0. The summed E-state index contributed by atoms with van der Waals surface area (Å²) in [6, 6.07) is 0. The Morgan fingerprint density at radius 2 is 1.73 bits per heavy atom. The fourth-order valence-corrected chi connectivity index (χ4v) is 2.79. The molecule has 0 aromatic rings. The second-order valence-corrected chi connectivity index (χ2v) is 6.08. The lowest BCUT2D eigenvalue weighted by Gasteiger charge is -2.25. The van der Waals surface area contributed by atoms with Crippen LogP contribution in [-0.2, 0) is 0 Å². The van der Waals surface area contributed by atoms with Crippen molar-refractivity contribution in [2.24, 2.45) is 5.92 Å². The molecule has 0 bridgehead atoms. The van der Waals surface area contributed by atoms with Crippen LogP contribution in [0.2, 0.25) is 0 Å². The van der Waals surface area contributed by atoms with Crippen LogP contribution in [0, 0.1) is 5.92 Å². The molecule has 0 aromatic heterocycles. The van der Waals surface area contributed by atoms with Crippen molar-refractivity contribution in [1.82, 2.24) is 0 Å². The summed E-state index contributed by atoms with van der Waals surface area (Å²) >= 11 is 0. The first-order chi connectivity index (χ1) is 5.22. The second-order valence-electron chi connectivity index (χ2n) is 3.72. The molecule has 0 N–H and O–H groups in total. The van der Waals surface area contributed by atoms with Gasteiger partial charge in [-0.3, -0.25) is 0 Å². The molecule has 0 amide bonds. The zero-order chi connectivity index (χ0) is 8.27. The van der Waals surface area contributed by atoms with Crippen LogP contribution in [0.3, 0.4) is 0 Å². The molecule has 1 aliphatic rings. The smallest absolute Gasteiger partial charge is 0.0164 e. The van der Waals surface area contributed by atoms with Crippen LogP contribution in [0.5, 0.6) is 0 Å². The standard InChI is InChI=1S/C10H19P/c1-9(11(2)3)10-7-5-4-6-8-10/h10H,1,4-8H2,2-3H3. The minimum Gasteiger partial charge on any atom is -0.0951 e. The highest BCUT2D eigenvalue weighted by atomic mass is 31.1. The van der Waals surface area contributed by atoms with Gasteiger partial charge >= 0.3 is 0 Å². The molecule has 0 spiro atoms. The first-order valence-corrected chi connectivity index (χ1v) is 6.81. The Hall–Kier alpha value is 0.170. The van der Waals surface area contributed by atoms with E-state index in [4.69, 9.17) is 0 Å². The van der Waals surface area contributed by atoms with Gasteiger partial charge in [0, 0.05) is 0 Å². The summed E-state index contributed by atoms with van der Waals surface area (Å²) in [6.07, 6.45) is 7.16. The van der Waals surface area contributed by atoms with Gasteiger partial charge in [0.1, 0.15) is 0 Å². The van der Waals surface area contributed by atoms with Crippen molar-refractivity contribution < 1.29 is 0 Å². The Kier molecular flexibility index (Phi) is 3.59. The fraction of sp³-hybridized carbons (Fsp3) is 0.800. The van der Waals surface area contributed by atoms with Crippen LogP contribution < -0.4 is 0 Å². The van der Waals surface area contributed by atoms with E-state index in [1.165, 1.54) is 32.1 Å². The molecular formula is C10H19P. The van der Waals surface area contributed by atoms with Crippen molar-refractivity contribution in [3.05, 3.63) is 11.9 Å². The molecule has 0 aliphatic heterocycles. The van der Waals surface area contributed by atoms with E-state index in [2.05, 4.69) is 19.9 Å². The number of hydrogen-bond acceptors (Lipinski definition) is 0. The van der Waals surface area contributed by atoms with Crippen LogP contribution in [0.4, 0.5) is 0 Å². The predicted molar refractivity (Wildman–Crippen MR) is 54.5 cm³/mol. The third-order valence-corrected chi connectivity index (χ3v) is 4.16. The lowest BCUT2D eigenvalue weighted by Crippen LogP contribution is -2.07.